The Morgan fingerprint density at radius 3 is 2.57 bits per heavy atom. The van der Waals surface area contributed by atoms with E-state index in [0.29, 0.717) is 0 Å². The molecule has 5 nitrogen and oxygen atoms in total. The molecule has 1 aromatic heterocycles. The summed E-state index contributed by atoms with van der Waals surface area (Å²) < 4.78 is 4.90. The molecule has 0 bridgehead atoms. The van der Waals surface area contributed by atoms with Crippen molar-refractivity contribution in [1.82, 2.24) is 15.0 Å². The molecule has 1 atom stereocenters. The lowest BCUT2D eigenvalue weighted by atomic mass is 9.89. The Kier molecular flexibility index (Phi) is 5.36. The summed E-state index contributed by atoms with van der Waals surface area (Å²) >= 11 is 0. The Morgan fingerprint density at radius 1 is 1.26 bits per heavy atom. The van der Waals surface area contributed by atoms with E-state index in [9.17, 15) is 4.79 Å². The summed E-state index contributed by atoms with van der Waals surface area (Å²) in [4.78, 5) is 17.2. The van der Waals surface area contributed by atoms with Crippen LogP contribution in [0.25, 0.3) is 0 Å². The molecule has 0 aromatic carbocycles. The second-order valence-electron chi connectivity index (χ2n) is 7.15. The molecule has 128 valence electrons. The normalized spacial score (nSPS) is 22.9. The van der Waals surface area contributed by atoms with E-state index >= 15 is 0 Å². The zero-order valence-electron chi connectivity index (χ0n) is 14.4. The Morgan fingerprint density at radius 2 is 1.96 bits per heavy atom. The second-order valence-corrected chi connectivity index (χ2v) is 7.15. The predicted molar refractivity (Wildman–Crippen MR) is 88.9 cm³/mol. The van der Waals surface area contributed by atoms with Gasteiger partial charge in [-0.25, -0.2) is 0 Å². The van der Waals surface area contributed by atoms with Gasteiger partial charge in [-0.2, -0.15) is 0 Å². The van der Waals surface area contributed by atoms with Gasteiger partial charge in [0, 0.05) is 25.1 Å². The minimum atomic E-state index is -0.0300. The van der Waals surface area contributed by atoms with Crippen molar-refractivity contribution < 1.29 is 9.32 Å². The first kappa shape index (κ1) is 16.5. The topological polar surface area (TPSA) is 49.6 Å². The number of amides is 1. The zero-order valence-corrected chi connectivity index (χ0v) is 14.4. The fraction of sp³-hybridized carbons (Fsp3) is 0.778. The van der Waals surface area contributed by atoms with Gasteiger partial charge in [0.25, 0.3) is 0 Å². The van der Waals surface area contributed by atoms with Crippen LogP contribution in [-0.2, 0) is 4.79 Å². The first-order valence-corrected chi connectivity index (χ1v) is 9.08. The van der Waals surface area contributed by atoms with Crippen LogP contribution < -0.4 is 0 Å². The summed E-state index contributed by atoms with van der Waals surface area (Å²) in [6.45, 7) is 4.16. The summed E-state index contributed by atoms with van der Waals surface area (Å²) in [5, 5.41) is 3.96. The van der Waals surface area contributed by atoms with Crippen molar-refractivity contribution in [2.24, 2.45) is 5.92 Å². The van der Waals surface area contributed by atoms with Gasteiger partial charge in [0.2, 0.25) is 5.91 Å². The molecule has 3 rings (SSSR count). The number of likely N-dealkylation sites (tertiary alicyclic amines) is 1. The number of aromatic nitrogens is 1. The molecule has 0 spiro atoms. The van der Waals surface area contributed by atoms with Crippen LogP contribution in [0.3, 0.4) is 0 Å². The maximum atomic E-state index is 12.8. The van der Waals surface area contributed by atoms with Gasteiger partial charge in [-0.15, -0.1) is 0 Å². The highest BCUT2D eigenvalue weighted by molar-refractivity contribution is 5.79. The van der Waals surface area contributed by atoms with Gasteiger partial charge in [-0.3, -0.25) is 4.79 Å². The second kappa shape index (κ2) is 7.47. The van der Waals surface area contributed by atoms with Gasteiger partial charge < -0.3 is 14.3 Å². The van der Waals surface area contributed by atoms with Gasteiger partial charge >= 0.3 is 0 Å². The molecule has 23 heavy (non-hydrogen) atoms. The number of carbonyl (C=O) groups is 1. The van der Waals surface area contributed by atoms with E-state index < -0.39 is 0 Å². The molecule has 1 amide bonds. The van der Waals surface area contributed by atoms with Crippen molar-refractivity contribution in [2.75, 3.05) is 20.1 Å². The number of piperidine rings is 1. The van der Waals surface area contributed by atoms with E-state index in [0.717, 1.165) is 37.7 Å². The molecule has 0 N–H and O–H groups in total. The van der Waals surface area contributed by atoms with Gasteiger partial charge in [-0.1, -0.05) is 24.4 Å². The number of nitrogens with zero attached hydrogens (tertiary/aromatic N) is 3. The molecule has 2 heterocycles. The highest BCUT2D eigenvalue weighted by Gasteiger charge is 2.32. The molecule has 1 aliphatic heterocycles. The minimum Gasteiger partial charge on any atom is -0.364 e. The molecule has 1 saturated heterocycles. The van der Waals surface area contributed by atoms with E-state index in [1.807, 2.05) is 24.9 Å². The van der Waals surface area contributed by atoms with Crippen molar-refractivity contribution >= 4 is 5.91 Å². The van der Waals surface area contributed by atoms with Crippen LogP contribution in [0.1, 0.15) is 63.6 Å². The van der Waals surface area contributed by atoms with Gasteiger partial charge in [0.05, 0.1) is 6.04 Å². The van der Waals surface area contributed by atoms with Crippen LogP contribution >= 0.6 is 0 Å². The van der Waals surface area contributed by atoms with Crippen LogP contribution in [0.5, 0.6) is 0 Å². The lowest BCUT2D eigenvalue weighted by molar-refractivity contribution is -0.138. The Labute approximate surface area is 139 Å². The largest absolute Gasteiger partial charge is 0.364 e. The smallest absolute Gasteiger partial charge is 0.226 e. The third-order valence-corrected chi connectivity index (χ3v) is 5.78. The van der Waals surface area contributed by atoms with E-state index in [4.69, 9.17) is 4.52 Å². The molecule has 2 aliphatic rings. The summed E-state index contributed by atoms with van der Waals surface area (Å²) in [6.07, 6.45) is 10.4. The fourth-order valence-electron chi connectivity index (χ4n) is 4.07. The first-order chi connectivity index (χ1) is 11.2. The highest BCUT2D eigenvalue weighted by atomic mass is 16.5. The Bertz CT molecular complexity index is 488. The molecule has 0 unspecified atom stereocenters. The zero-order chi connectivity index (χ0) is 16.2. The quantitative estimate of drug-likeness (QED) is 0.855. The lowest BCUT2D eigenvalue weighted by Gasteiger charge is -2.40. The average Bonchev–Trinajstić information content (AvgIpc) is 3.15. The Balaban J connectivity index is 1.51. The summed E-state index contributed by atoms with van der Waals surface area (Å²) in [7, 11) is 1.88. The third kappa shape index (κ3) is 3.77. The van der Waals surface area contributed by atoms with Gasteiger partial charge in [0.1, 0.15) is 12.0 Å². The molecular weight excluding hydrogens is 290 g/mol. The van der Waals surface area contributed by atoms with Crippen LogP contribution in [0, 0.1) is 5.92 Å². The lowest BCUT2D eigenvalue weighted by Crippen LogP contribution is -2.46. The van der Waals surface area contributed by atoms with Crippen molar-refractivity contribution in [3.63, 3.8) is 0 Å². The summed E-state index contributed by atoms with van der Waals surface area (Å²) in [5.41, 5.74) is 0.820. The molecule has 1 aliphatic carbocycles. The third-order valence-electron chi connectivity index (χ3n) is 5.78. The van der Waals surface area contributed by atoms with E-state index in [2.05, 4.69) is 10.1 Å². The number of hydrogen-bond acceptors (Lipinski definition) is 4. The summed E-state index contributed by atoms with van der Waals surface area (Å²) in [6, 6.07) is 2.57. The predicted octanol–water partition coefficient (Wildman–Crippen LogP) is 3.24. The molecule has 1 saturated carbocycles. The Hall–Kier alpha value is -1.36. The SMILES string of the molecule is C[C@H](c1ccon1)N(C)C(=O)C1CCN(C2CCCCC2)CC1. The molecule has 0 radical (unpaired) electrons. The number of rotatable bonds is 4. The molecular formula is C18H29N3O2. The van der Waals surface area contributed by atoms with Crippen molar-refractivity contribution in [2.45, 2.75) is 64.0 Å². The van der Waals surface area contributed by atoms with E-state index in [1.165, 1.54) is 32.1 Å². The fourth-order valence-corrected chi connectivity index (χ4v) is 4.07. The van der Waals surface area contributed by atoms with Crippen LogP contribution in [-0.4, -0.2) is 47.0 Å². The number of carbonyl (C=O) groups excluding carboxylic acids is 1. The van der Waals surface area contributed by atoms with Crippen LogP contribution in [0.15, 0.2) is 16.9 Å². The molecule has 2 fully saturated rings. The molecule has 1 aromatic rings. The van der Waals surface area contributed by atoms with Gasteiger partial charge in [-0.05, 0) is 45.7 Å². The minimum absolute atomic E-state index is 0.0300. The maximum Gasteiger partial charge on any atom is 0.226 e. The highest BCUT2D eigenvalue weighted by Crippen LogP contribution is 2.29. The first-order valence-electron chi connectivity index (χ1n) is 9.08. The molecule has 5 heteroatoms. The van der Waals surface area contributed by atoms with E-state index in [1.54, 1.807) is 6.26 Å². The van der Waals surface area contributed by atoms with Crippen molar-refractivity contribution in [1.29, 1.82) is 0 Å². The van der Waals surface area contributed by atoms with Crippen LogP contribution in [0.2, 0.25) is 0 Å². The number of hydrogen-bond donors (Lipinski definition) is 0. The van der Waals surface area contributed by atoms with Crippen LogP contribution in [0.4, 0.5) is 0 Å². The summed E-state index contributed by atoms with van der Waals surface area (Å²) in [5.74, 6) is 0.415. The maximum absolute atomic E-state index is 12.8. The van der Waals surface area contributed by atoms with Gasteiger partial charge in [0.15, 0.2) is 0 Å². The average molecular weight is 319 g/mol. The van der Waals surface area contributed by atoms with Crippen molar-refractivity contribution in [3.8, 4) is 0 Å². The van der Waals surface area contributed by atoms with E-state index in [-0.39, 0.29) is 17.9 Å². The van der Waals surface area contributed by atoms with Crippen molar-refractivity contribution in [3.05, 3.63) is 18.0 Å². The monoisotopic (exact) mass is 319 g/mol. The standard InChI is InChI=1S/C18H29N3O2/c1-14(17-10-13-23-19-17)20(2)18(22)15-8-11-21(12-9-15)16-6-4-3-5-7-16/h10,13-16H,3-9,11-12H2,1-2H3/t14-/m1/s1.